The number of aromatic nitrogens is 1. The molecule has 2 heterocycles. The second-order valence-corrected chi connectivity index (χ2v) is 8.38. The van der Waals surface area contributed by atoms with Gasteiger partial charge in [-0.25, -0.2) is 4.98 Å². The van der Waals surface area contributed by atoms with Crippen LogP contribution in [0.3, 0.4) is 0 Å². The summed E-state index contributed by atoms with van der Waals surface area (Å²) < 4.78 is 5.24. The molecule has 0 fully saturated rings. The number of thiophene rings is 1. The van der Waals surface area contributed by atoms with E-state index in [1.807, 2.05) is 73.0 Å². The molecule has 4 nitrogen and oxygen atoms in total. The van der Waals surface area contributed by atoms with Gasteiger partial charge in [0.15, 0.2) is 0 Å². The minimum Gasteiger partial charge on any atom is -0.497 e. The summed E-state index contributed by atoms with van der Waals surface area (Å²) in [5.41, 5.74) is 3.80. The number of amides is 1. The average molecular weight is 437 g/mol. The van der Waals surface area contributed by atoms with Crippen LogP contribution in [0.5, 0.6) is 5.75 Å². The van der Waals surface area contributed by atoms with Gasteiger partial charge in [-0.3, -0.25) is 4.79 Å². The topological polar surface area (TPSA) is 42.4 Å². The fourth-order valence-corrected chi connectivity index (χ4v) is 4.28. The molecule has 0 aliphatic carbocycles. The third-order valence-electron chi connectivity index (χ3n) is 4.99. The molecule has 4 aromatic rings. The van der Waals surface area contributed by atoms with Crippen LogP contribution < -0.4 is 4.74 Å². The number of carbonyl (C=O) groups excluding carboxylic acids is 1. The molecule has 0 saturated heterocycles. The molecule has 1 amide bonds. The minimum atomic E-state index is -0.0266. The van der Waals surface area contributed by atoms with Crippen molar-refractivity contribution in [2.24, 2.45) is 0 Å². The summed E-state index contributed by atoms with van der Waals surface area (Å²) in [5, 5.41) is 3.35. The molecule has 0 aliphatic rings. The molecule has 0 atom stereocenters. The quantitative estimate of drug-likeness (QED) is 0.342. The van der Waals surface area contributed by atoms with Crippen molar-refractivity contribution in [2.45, 2.75) is 20.0 Å². The van der Waals surface area contributed by atoms with Gasteiger partial charge < -0.3 is 9.64 Å². The minimum absolute atomic E-state index is 0.0266. The Bertz CT molecular complexity index is 1170. The Kier molecular flexibility index (Phi) is 6.02. The number of methoxy groups -OCH3 is 1. The normalized spacial score (nSPS) is 10.9. The second-order valence-electron chi connectivity index (χ2n) is 7.07. The van der Waals surface area contributed by atoms with Crippen LogP contribution in [-0.4, -0.2) is 22.9 Å². The standard InChI is InChI=1S/C24H21ClN2O2S/c1-16-5-3-6-18-13-19(23(25)26-22(16)18)15-27(24(28)21-7-4-12-30-21)14-17-8-10-20(29-2)11-9-17/h3-13H,14-15H2,1-2H3. The van der Waals surface area contributed by atoms with Crippen LogP contribution >= 0.6 is 22.9 Å². The second kappa shape index (κ2) is 8.86. The van der Waals surface area contributed by atoms with E-state index in [1.54, 1.807) is 12.0 Å². The summed E-state index contributed by atoms with van der Waals surface area (Å²) in [6.07, 6.45) is 0. The van der Waals surface area contributed by atoms with Crippen LogP contribution in [0.4, 0.5) is 0 Å². The molecule has 0 radical (unpaired) electrons. The first kappa shape index (κ1) is 20.4. The number of hydrogen-bond donors (Lipinski definition) is 0. The molecule has 0 bridgehead atoms. The van der Waals surface area contributed by atoms with E-state index in [9.17, 15) is 4.79 Å². The molecule has 152 valence electrons. The highest BCUT2D eigenvalue weighted by atomic mass is 35.5. The fourth-order valence-electron chi connectivity index (χ4n) is 3.39. The predicted octanol–water partition coefficient (Wildman–Crippen LogP) is 6.11. The zero-order valence-corrected chi connectivity index (χ0v) is 18.3. The van der Waals surface area contributed by atoms with Crippen molar-refractivity contribution in [3.8, 4) is 5.75 Å². The average Bonchev–Trinajstić information content (AvgIpc) is 3.29. The maximum atomic E-state index is 13.2. The van der Waals surface area contributed by atoms with Crippen molar-refractivity contribution < 1.29 is 9.53 Å². The van der Waals surface area contributed by atoms with Gasteiger partial charge in [-0.15, -0.1) is 11.3 Å². The largest absolute Gasteiger partial charge is 0.497 e. The number of carbonyl (C=O) groups is 1. The Morgan fingerprint density at radius 2 is 1.90 bits per heavy atom. The zero-order chi connectivity index (χ0) is 21.1. The number of benzene rings is 2. The van der Waals surface area contributed by atoms with Gasteiger partial charge in [0.05, 0.1) is 17.5 Å². The van der Waals surface area contributed by atoms with Crippen LogP contribution in [0.2, 0.25) is 5.15 Å². The lowest BCUT2D eigenvalue weighted by Crippen LogP contribution is -2.29. The van der Waals surface area contributed by atoms with Gasteiger partial charge in [0, 0.05) is 24.0 Å². The van der Waals surface area contributed by atoms with Crippen LogP contribution in [0.25, 0.3) is 10.9 Å². The van der Waals surface area contributed by atoms with Gasteiger partial charge in [-0.2, -0.15) is 0 Å². The summed E-state index contributed by atoms with van der Waals surface area (Å²) in [4.78, 5) is 20.3. The first-order valence-corrected chi connectivity index (χ1v) is 10.8. The van der Waals surface area contributed by atoms with Crippen LogP contribution in [0.1, 0.15) is 26.4 Å². The number of para-hydroxylation sites is 1. The Labute approximate surface area is 184 Å². The molecular formula is C24H21ClN2O2S. The Balaban J connectivity index is 1.67. The van der Waals surface area contributed by atoms with E-state index in [0.29, 0.717) is 23.1 Å². The molecular weight excluding hydrogens is 416 g/mol. The van der Waals surface area contributed by atoms with Gasteiger partial charge >= 0.3 is 0 Å². The molecule has 6 heteroatoms. The number of ether oxygens (including phenoxy) is 1. The Hall–Kier alpha value is -2.89. The molecule has 0 spiro atoms. The van der Waals surface area contributed by atoms with Crippen molar-refractivity contribution in [1.82, 2.24) is 9.88 Å². The van der Waals surface area contributed by atoms with E-state index in [-0.39, 0.29) is 5.91 Å². The Morgan fingerprint density at radius 3 is 2.60 bits per heavy atom. The predicted molar refractivity (Wildman–Crippen MR) is 122 cm³/mol. The molecule has 0 aliphatic heterocycles. The maximum Gasteiger partial charge on any atom is 0.264 e. The number of rotatable bonds is 6. The number of fused-ring (bicyclic) bond motifs is 1. The van der Waals surface area contributed by atoms with Crippen LogP contribution in [0, 0.1) is 6.92 Å². The lowest BCUT2D eigenvalue weighted by molar-refractivity contribution is 0.0735. The van der Waals surface area contributed by atoms with Crippen molar-refractivity contribution in [3.63, 3.8) is 0 Å². The van der Waals surface area contributed by atoms with Crippen LogP contribution in [-0.2, 0) is 13.1 Å². The first-order chi connectivity index (χ1) is 14.5. The van der Waals surface area contributed by atoms with E-state index in [2.05, 4.69) is 4.98 Å². The van der Waals surface area contributed by atoms with Crippen LogP contribution in [0.15, 0.2) is 66.0 Å². The lowest BCUT2D eigenvalue weighted by atomic mass is 10.1. The zero-order valence-electron chi connectivity index (χ0n) is 16.8. The summed E-state index contributed by atoms with van der Waals surface area (Å²) in [6, 6.07) is 19.5. The molecule has 30 heavy (non-hydrogen) atoms. The number of aryl methyl sites for hydroxylation is 1. The molecule has 4 rings (SSSR count). The number of halogens is 1. The molecule has 2 aromatic carbocycles. The summed E-state index contributed by atoms with van der Waals surface area (Å²) >= 11 is 7.96. The van der Waals surface area contributed by atoms with Gasteiger partial charge in [0.1, 0.15) is 10.9 Å². The van der Waals surface area contributed by atoms with Crippen molar-refractivity contribution >= 4 is 39.7 Å². The van der Waals surface area contributed by atoms with E-state index < -0.39 is 0 Å². The number of nitrogens with zero attached hydrogens (tertiary/aromatic N) is 2. The summed E-state index contributed by atoms with van der Waals surface area (Å²) in [5.74, 6) is 0.758. The highest BCUT2D eigenvalue weighted by Crippen LogP contribution is 2.26. The van der Waals surface area contributed by atoms with Gasteiger partial charge in [-0.1, -0.05) is 48.0 Å². The third-order valence-corrected chi connectivity index (χ3v) is 6.17. The third kappa shape index (κ3) is 4.32. The molecule has 0 unspecified atom stereocenters. The van der Waals surface area contributed by atoms with E-state index in [0.717, 1.165) is 33.3 Å². The smallest absolute Gasteiger partial charge is 0.264 e. The highest BCUT2D eigenvalue weighted by Gasteiger charge is 2.20. The molecule has 0 saturated carbocycles. The molecule has 2 aromatic heterocycles. The van der Waals surface area contributed by atoms with E-state index >= 15 is 0 Å². The SMILES string of the molecule is COc1ccc(CN(Cc2cc3cccc(C)c3nc2Cl)C(=O)c2cccs2)cc1. The van der Waals surface area contributed by atoms with Crippen molar-refractivity contribution in [2.75, 3.05) is 7.11 Å². The monoisotopic (exact) mass is 436 g/mol. The lowest BCUT2D eigenvalue weighted by Gasteiger charge is -2.23. The highest BCUT2D eigenvalue weighted by molar-refractivity contribution is 7.12. The number of hydrogen-bond acceptors (Lipinski definition) is 4. The van der Waals surface area contributed by atoms with E-state index in [1.165, 1.54) is 11.3 Å². The van der Waals surface area contributed by atoms with Gasteiger partial charge in [0.2, 0.25) is 0 Å². The van der Waals surface area contributed by atoms with Crippen molar-refractivity contribution in [3.05, 3.63) is 92.8 Å². The fraction of sp³-hybridized carbons (Fsp3) is 0.167. The van der Waals surface area contributed by atoms with Gasteiger partial charge in [-0.05, 0) is 47.7 Å². The maximum absolute atomic E-state index is 13.2. The van der Waals surface area contributed by atoms with E-state index in [4.69, 9.17) is 16.3 Å². The van der Waals surface area contributed by atoms with Gasteiger partial charge in [0.25, 0.3) is 5.91 Å². The molecule has 0 N–H and O–H groups in total. The summed E-state index contributed by atoms with van der Waals surface area (Å²) in [7, 11) is 1.64. The van der Waals surface area contributed by atoms with Crippen molar-refractivity contribution in [1.29, 1.82) is 0 Å². The first-order valence-electron chi connectivity index (χ1n) is 9.55. The number of pyridine rings is 1. The summed E-state index contributed by atoms with van der Waals surface area (Å²) in [6.45, 7) is 2.85. The Morgan fingerprint density at radius 1 is 1.10 bits per heavy atom.